The fraction of sp³-hybridized carbons (Fsp3) is 0.406. The highest BCUT2D eigenvalue weighted by atomic mass is 35.5. The molecule has 2 atom stereocenters. The van der Waals surface area contributed by atoms with Crippen molar-refractivity contribution in [3.63, 3.8) is 0 Å². The third-order valence-corrected chi connectivity index (χ3v) is 11.4. The number of aliphatic imine (C=N–C) groups is 1. The molecule has 10 nitrogen and oxygen atoms in total. The lowest BCUT2D eigenvalue weighted by Gasteiger charge is -2.42. The van der Waals surface area contributed by atoms with E-state index in [0.29, 0.717) is 43.7 Å². The van der Waals surface area contributed by atoms with Crippen LogP contribution in [0.25, 0.3) is 21.2 Å². The van der Waals surface area contributed by atoms with Crippen LogP contribution in [0.3, 0.4) is 0 Å². The molecule has 4 aliphatic heterocycles. The van der Waals surface area contributed by atoms with Gasteiger partial charge in [0.15, 0.2) is 11.6 Å². The minimum atomic E-state index is -0.960. The van der Waals surface area contributed by atoms with Crippen molar-refractivity contribution >= 4 is 56.0 Å². The van der Waals surface area contributed by atoms with E-state index in [0.717, 1.165) is 30.7 Å². The Hall–Kier alpha value is -4.19. The number of amides is 1. The van der Waals surface area contributed by atoms with E-state index in [1.54, 1.807) is 6.20 Å². The summed E-state index contributed by atoms with van der Waals surface area (Å²) in [5.41, 5.74) is 6.31. The highest BCUT2D eigenvalue weighted by molar-refractivity contribution is 7.23. The molecule has 1 aliphatic carbocycles. The first-order valence-electron chi connectivity index (χ1n) is 15.4. The SMILES string of the molecule is N#Cc1c(N)sc2c(F)ccc(-c3c(F)c4c5c(c3Cl)NCN=C5N(C3CC(NC=O)C3)C=C(OC[C@@]35CCCN3C[C@H](F)C5)O4)c12. The molecule has 0 radical (unpaired) electrons. The highest BCUT2D eigenvalue weighted by Gasteiger charge is 2.50. The van der Waals surface area contributed by atoms with Gasteiger partial charge in [-0.05, 0) is 43.9 Å². The number of benzene rings is 2. The van der Waals surface area contributed by atoms with Crippen LogP contribution in [0.15, 0.2) is 29.3 Å². The van der Waals surface area contributed by atoms with Crippen molar-refractivity contribution in [2.24, 2.45) is 4.99 Å². The van der Waals surface area contributed by atoms with Crippen LogP contribution < -0.4 is 21.1 Å². The molecule has 0 bridgehead atoms. The smallest absolute Gasteiger partial charge is 0.302 e. The van der Waals surface area contributed by atoms with E-state index in [4.69, 9.17) is 31.8 Å². The van der Waals surface area contributed by atoms with Crippen molar-refractivity contribution in [1.29, 1.82) is 5.26 Å². The Labute approximate surface area is 276 Å². The molecule has 0 spiro atoms. The maximum absolute atomic E-state index is 17.1. The highest BCUT2D eigenvalue weighted by Crippen LogP contribution is 2.51. The summed E-state index contributed by atoms with van der Waals surface area (Å²) in [6.07, 6.45) is 4.57. The lowest BCUT2D eigenvalue weighted by Crippen LogP contribution is -2.53. The van der Waals surface area contributed by atoms with Crippen LogP contribution in [0.5, 0.6) is 5.75 Å². The molecule has 2 aromatic carbocycles. The van der Waals surface area contributed by atoms with Crippen molar-refractivity contribution in [3.8, 4) is 22.9 Å². The largest absolute Gasteiger partial charge is 0.462 e. The van der Waals surface area contributed by atoms with Crippen molar-refractivity contribution in [2.75, 3.05) is 37.4 Å². The monoisotopic (exact) mass is 683 g/mol. The number of alkyl halides is 1. The van der Waals surface area contributed by atoms with Gasteiger partial charge in [0, 0.05) is 36.0 Å². The van der Waals surface area contributed by atoms with Crippen LogP contribution in [0, 0.1) is 23.0 Å². The predicted octanol–water partition coefficient (Wildman–Crippen LogP) is 5.45. The number of nitrogen functional groups attached to an aromatic ring is 1. The summed E-state index contributed by atoms with van der Waals surface area (Å²) in [5, 5.41) is 16.1. The Morgan fingerprint density at radius 2 is 2.17 bits per heavy atom. The molecule has 3 fully saturated rings. The van der Waals surface area contributed by atoms with Crippen LogP contribution >= 0.6 is 22.9 Å². The van der Waals surface area contributed by atoms with Crippen molar-refractivity contribution < 1.29 is 27.4 Å². The summed E-state index contributed by atoms with van der Waals surface area (Å²) < 4.78 is 59.4. The fourth-order valence-electron chi connectivity index (χ4n) is 7.72. The quantitative estimate of drug-likeness (QED) is 0.281. The summed E-state index contributed by atoms with van der Waals surface area (Å²) in [7, 11) is 0. The second-order valence-electron chi connectivity index (χ2n) is 12.6. The molecule has 0 unspecified atom stereocenters. The molecule has 244 valence electrons. The van der Waals surface area contributed by atoms with Gasteiger partial charge in [0.2, 0.25) is 6.41 Å². The van der Waals surface area contributed by atoms with Crippen LogP contribution in [0.4, 0.5) is 23.9 Å². The number of hydrogen-bond acceptors (Lipinski definition) is 10. The zero-order valence-corrected chi connectivity index (χ0v) is 26.5. The standard InChI is InChI=1S/C32H29ClF3N7O3S/c33-25-23(18-2-3-20(35)29-22(18)19(9-37)30(38)47-29)26(36)28-24-27(25)39-13-40-31(24)43(17-6-16(7-17)41-14-44)11-21(46-28)45-12-32-4-1-5-42(32)10-15(34)8-32/h2-3,11,14-17,39H,1,4-8,10,12-13,38H2,(H,41,44)/t15-,16?,17?,32+/m1/s1. The molecule has 1 amide bonds. The number of carbonyl (C=O) groups excluding carboxylic acids is 1. The van der Waals surface area contributed by atoms with Gasteiger partial charge in [-0.1, -0.05) is 17.7 Å². The van der Waals surface area contributed by atoms with E-state index in [9.17, 15) is 18.8 Å². The maximum atomic E-state index is 17.1. The maximum Gasteiger partial charge on any atom is 0.302 e. The molecular weight excluding hydrogens is 655 g/mol. The van der Waals surface area contributed by atoms with Gasteiger partial charge >= 0.3 is 5.95 Å². The summed E-state index contributed by atoms with van der Waals surface area (Å²) in [4.78, 5) is 19.8. The molecule has 4 N–H and O–H groups in total. The summed E-state index contributed by atoms with van der Waals surface area (Å²) in [6, 6.07) is 4.42. The third-order valence-electron chi connectivity index (χ3n) is 9.99. The first-order chi connectivity index (χ1) is 22.7. The fourth-order valence-corrected chi connectivity index (χ4v) is 9.02. The van der Waals surface area contributed by atoms with Crippen LogP contribution in [-0.2, 0) is 9.53 Å². The minimum Gasteiger partial charge on any atom is -0.462 e. The number of nitrogens with two attached hydrogens (primary N) is 1. The van der Waals surface area contributed by atoms with Crippen molar-refractivity contribution in [1.82, 2.24) is 15.1 Å². The second-order valence-corrected chi connectivity index (χ2v) is 14.0. The van der Waals surface area contributed by atoms with Gasteiger partial charge < -0.3 is 30.7 Å². The van der Waals surface area contributed by atoms with E-state index < -0.39 is 23.3 Å². The Kier molecular flexibility index (Phi) is 7.19. The first kappa shape index (κ1) is 30.2. The van der Waals surface area contributed by atoms with Gasteiger partial charge in [0.05, 0.1) is 38.3 Å². The molecule has 5 aliphatic rings. The molecule has 47 heavy (non-hydrogen) atoms. The molecule has 3 aromatic rings. The molecule has 1 aromatic heterocycles. The molecule has 1 saturated carbocycles. The van der Waals surface area contributed by atoms with E-state index in [2.05, 4.69) is 15.5 Å². The number of nitrogens with one attached hydrogen (secondary N) is 2. The third kappa shape index (κ3) is 4.62. The summed E-state index contributed by atoms with van der Waals surface area (Å²) >= 11 is 7.90. The second kappa shape index (κ2) is 11.2. The topological polar surface area (TPSA) is 128 Å². The van der Waals surface area contributed by atoms with Gasteiger partial charge in [0.1, 0.15) is 42.2 Å². The number of halogens is 4. The number of amidine groups is 1. The number of anilines is 2. The average molecular weight is 684 g/mol. The number of ether oxygens (including phenoxy) is 2. The van der Waals surface area contributed by atoms with Crippen molar-refractivity contribution in [2.45, 2.75) is 55.9 Å². The summed E-state index contributed by atoms with van der Waals surface area (Å²) in [5.74, 6) is -1.27. The van der Waals surface area contributed by atoms with Gasteiger partial charge in [-0.2, -0.15) is 5.26 Å². The number of nitrogens with zero attached hydrogens (tertiary/aromatic N) is 4. The Bertz CT molecular complexity index is 1940. The van der Waals surface area contributed by atoms with Gasteiger partial charge in [-0.25, -0.2) is 18.2 Å². The number of fused-ring (bicyclic) bond motifs is 2. The minimum absolute atomic E-state index is 0.00215. The number of hydrogen-bond donors (Lipinski definition) is 3. The molecular formula is C32H29ClF3N7O3S. The lowest BCUT2D eigenvalue weighted by atomic mass is 9.85. The zero-order chi connectivity index (χ0) is 32.6. The Morgan fingerprint density at radius 1 is 1.34 bits per heavy atom. The molecule has 15 heteroatoms. The number of rotatable bonds is 7. The van der Waals surface area contributed by atoms with Crippen LogP contribution in [-0.4, -0.2) is 72.2 Å². The number of carbonyl (C=O) groups is 1. The average Bonchev–Trinajstić information content (AvgIpc) is 3.64. The number of thiophene rings is 1. The normalized spacial score (nSPS) is 26.2. The van der Waals surface area contributed by atoms with E-state index >= 15 is 4.39 Å². The first-order valence-corrected chi connectivity index (χ1v) is 16.6. The zero-order valence-electron chi connectivity index (χ0n) is 24.9. The van der Waals surface area contributed by atoms with Crippen LogP contribution in [0.2, 0.25) is 5.02 Å². The van der Waals surface area contributed by atoms with E-state index in [-0.39, 0.29) is 79.4 Å². The summed E-state index contributed by atoms with van der Waals surface area (Å²) in [6.45, 7) is 1.37. The Morgan fingerprint density at radius 3 is 2.96 bits per heavy atom. The molecule has 5 heterocycles. The Balaban J connectivity index is 1.27. The molecule has 8 rings (SSSR count). The van der Waals surface area contributed by atoms with E-state index in [1.165, 1.54) is 12.1 Å². The lowest BCUT2D eigenvalue weighted by molar-refractivity contribution is -0.110. The predicted molar refractivity (Wildman–Crippen MR) is 172 cm³/mol. The molecule has 2 saturated heterocycles. The van der Waals surface area contributed by atoms with E-state index in [1.807, 2.05) is 11.0 Å². The van der Waals surface area contributed by atoms with Crippen molar-refractivity contribution in [3.05, 3.63) is 52.1 Å². The van der Waals surface area contributed by atoms with Gasteiger partial charge in [-0.3, -0.25) is 9.69 Å². The van der Waals surface area contributed by atoms with Gasteiger partial charge in [0.25, 0.3) is 0 Å². The van der Waals surface area contributed by atoms with Crippen LogP contribution in [0.1, 0.15) is 43.2 Å². The van der Waals surface area contributed by atoms with Gasteiger partial charge in [-0.15, -0.1) is 11.3 Å². The number of nitriles is 1.